The number of anilines is 3. The van der Waals surface area contributed by atoms with Gasteiger partial charge in [-0.25, -0.2) is 15.0 Å². The molecule has 0 saturated carbocycles. The van der Waals surface area contributed by atoms with Gasteiger partial charge in [-0.15, -0.1) is 0 Å². The van der Waals surface area contributed by atoms with Crippen molar-refractivity contribution in [1.29, 1.82) is 0 Å². The summed E-state index contributed by atoms with van der Waals surface area (Å²) in [6.45, 7) is 3.71. The molecular formula is C22H23ClN6O. The van der Waals surface area contributed by atoms with Crippen LogP contribution in [-0.2, 0) is 4.74 Å². The first-order valence-electron chi connectivity index (χ1n) is 10.1. The van der Waals surface area contributed by atoms with Crippen molar-refractivity contribution in [3.63, 3.8) is 0 Å². The molecule has 1 fully saturated rings. The molecule has 7 nitrogen and oxygen atoms in total. The summed E-state index contributed by atoms with van der Waals surface area (Å²) >= 11 is 6.41. The Morgan fingerprint density at radius 1 is 1.23 bits per heavy atom. The van der Waals surface area contributed by atoms with Gasteiger partial charge < -0.3 is 15.0 Å². The molecule has 1 N–H and O–H groups in total. The molecule has 1 atom stereocenters. The Morgan fingerprint density at radius 2 is 2.13 bits per heavy atom. The number of aryl methyl sites for hydroxylation is 1. The van der Waals surface area contributed by atoms with Crippen LogP contribution in [0.3, 0.4) is 0 Å². The third kappa shape index (κ3) is 3.24. The van der Waals surface area contributed by atoms with E-state index in [4.69, 9.17) is 26.3 Å². The molecule has 154 valence electrons. The monoisotopic (exact) mass is 422 g/mol. The molecule has 0 unspecified atom stereocenters. The van der Waals surface area contributed by atoms with Crippen molar-refractivity contribution in [2.75, 3.05) is 30.5 Å². The number of methoxy groups -OCH3 is 1. The first-order chi connectivity index (χ1) is 14.7. The Morgan fingerprint density at radius 3 is 2.97 bits per heavy atom. The summed E-state index contributed by atoms with van der Waals surface area (Å²) < 4.78 is 7.37. The molecule has 5 rings (SSSR count). The summed E-state index contributed by atoms with van der Waals surface area (Å²) in [5.41, 5.74) is 4.32. The van der Waals surface area contributed by atoms with Crippen LogP contribution in [-0.4, -0.2) is 45.7 Å². The molecule has 0 aliphatic carbocycles. The lowest BCUT2D eigenvalue weighted by molar-refractivity contribution is 0.180. The SMILES string of the molecule is COC[C@H]1CCCN1c1ccc2nc(Nc3c(C)cccc3Cl)c3cncn3c2n1. The number of para-hydroxylation sites is 1. The Balaban J connectivity index is 1.59. The Kier molecular flexibility index (Phi) is 4.92. The molecule has 0 spiro atoms. The maximum absolute atomic E-state index is 6.41. The number of nitrogens with one attached hydrogen (secondary N) is 1. The highest BCUT2D eigenvalue weighted by molar-refractivity contribution is 6.33. The standard InChI is InChI=1S/C22H23ClN6O/c1-14-5-3-7-16(23)20(14)27-21-18-11-24-13-29(18)22-17(25-21)8-9-19(26-22)28-10-4-6-15(28)12-30-2/h3,5,7-9,11,13,15H,4,6,10,12H2,1-2H3,(H,25,27)/t15-/m1/s1. The van der Waals surface area contributed by atoms with Crippen LogP contribution in [0.2, 0.25) is 5.02 Å². The van der Waals surface area contributed by atoms with E-state index in [9.17, 15) is 0 Å². The highest BCUT2D eigenvalue weighted by Gasteiger charge is 2.26. The van der Waals surface area contributed by atoms with Crippen LogP contribution in [0.1, 0.15) is 18.4 Å². The van der Waals surface area contributed by atoms with E-state index >= 15 is 0 Å². The summed E-state index contributed by atoms with van der Waals surface area (Å²) in [7, 11) is 1.75. The lowest BCUT2D eigenvalue weighted by Gasteiger charge is -2.25. The van der Waals surface area contributed by atoms with E-state index in [0.29, 0.717) is 23.5 Å². The first kappa shape index (κ1) is 19.1. The minimum Gasteiger partial charge on any atom is -0.383 e. The fraction of sp³-hybridized carbons (Fsp3) is 0.318. The summed E-state index contributed by atoms with van der Waals surface area (Å²) in [5.74, 6) is 1.64. The number of rotatable bonds is 5. The van der Waals surface area contributed by atoms with Crippen molar-refractivity contribution in [1.82, 2.24) is 19.4 Å². The third-order valence-electron chi connectivity index (χ3n) is 5.68. The zero-order valence-corrected chi connectivity index (χ0v) is 17.7. The number of benzene rings is 1. The van der Waals surface area contributed by atoms with Crippen molar-refractivity contribution in [3.8, 4) is 0 Å². The van der Waals surface area contributed by atoms with Crippen molar-refractivity contribution in [2.45, 2.75) is 25.8 Å². The minimum atomic E-state index is 0.357. The first-order valence-corrected chi connectivity index (χ1v) is 10.4. The van der Waals surface area contributed by atoms with Crippen LogP contribution < -0.4 is 10.2 Å². The smallest absolute Gasteiger partial charge is 0.166 e. The predicted molar refractivity (Wildman–Crippen MR) is 120 cm³/mol. The van der Waals surface area contributed by atoms with Crippen molar-refractivity contribution in [3.05, 3.63) is 53.4 Å². The second-order valence-corrected chi connectivity index (χ2v) is 8.03. The number of ether oxygens (including phenoxy) is 1. The van der Waals surface area contributed by atoms with Gasteiger partial charge in [-0.3, -0.25) is 4.40 Å². The molecule has 4 heterocycles. The van der Waals surface area contributed by atoms with E-state index in [1.807, 2.05) is 41.7 Å². The zero-order valence-electron chi connectivity index (χ0n) is 17.0. The molecule has 0 amide bonds. The van der Waals surface area contributed by atoms with Gasteiger partial charge in [0.2, 0.25) is 0 Å². The molecular weight excluding hydrogens is 400 g/mol. The molecule has 0 radical (unpaired) electrons. The van der Waals surface area contributed by atoms with Crippen molar-refractivity contribution >= 4 is 45.6 Å². The molecule has 1 aromatic carbocycles. The molecule has 1 aliphatic heterocycles. The van der Waals surface area contributed by atoms with Gasteiger partial charge in [-0.2, -0.15) is 0 Å². The zero-order chi connectivity index (χ0) is 20.7. The summed E-state index contributed by atoms with van der Waals surface area (Å²) in [6.07, 6.45) is 5.83. The van der Waals surface area contributed by atoms with Gasteiger partial charge in [0, 0.05) is 13.7 Å². The number of imidazole rings is 1. The van der Waals surface area contributed by atoms with Gasteiger partial charge in [0.25, 0.3) is 0 Å². The molecule has 1 aliphatic rings. The average Bonchev–Trinajstić information content (AvgIpc) is 3.41. The van der Waals surface area contributed by atoms with Crippen molar-refractivity contribution < 1.29 is 4.74 Å². The molecule has 4 aromatic rings. The summed E-state index contributed by atoms with van der Waals surface area (Å²) in [4.78, 5) is 16.5. The number of halogens is 1. The lowest BCUT2D eigenvalue weighted by atomic mass is 10.2. The van der Waals surface area contributed by atoms with Gasteiger partial charge in [-0.1, -0.05) is 23.7 Å². The van der Waals surface area contributed by atoms with Gasteiger partial charge >= 0.3 is 0 Å². The van der Waals surface area contributed by atoms with E-state index in [1.165, 1.54) is 0 Å². The predicted octanol–water partition coefficient (Wildman–Crippen LogP) is 4.60. The van der Waals surface area contributed by atoms with Gasteiger partial charge in [0.05, 0.1) is 29.6 Å². The van der Waals surface area contributed by atoms with Crippen LogP contribution in [0.15, 0.2) is 42.9 Å². The van der Waals surface area contributed by atoms with E-state index in [1.54, 1.807) is 19.6 Å². The maximum Gasteiger partial charge on any atom is 0.166 e. The van der Waals surface area contributed by atoms with Crippen molar-refractivity contribution in [2.24, 2.45) is 0 Å². The van der Waals surface area contributed by atoms with Crippen LogP contribution in [0.5, 0.6) is 0 Å². The molecule has 8 heteroatoms. The average molecular weight is 423 g/mol. The quantitative estimate of drug-likeness (QED) is 0.507. The Bertz CT molecular complexity index is 1200. The van der Waals surface area contributed by atoms with Crippen LogP contribution >= 0.6 is 11.6 Å². The third-order valence-corrected chi connectivity index (χ3v) is 5.99. The Hall–Kier alpha value is -2.90. The maximum atomic E-state index is 6.41. The van der Waals surface area contributed by atoms with Crippen LogP contribution in [0.25, 0.3) is 16.7 Å². The highest BCUT2D eigenvalue weighted by Crippen LogP contribution is 2.32. The summed E-state index contributed by atoms with van der Waals surface area (Å²) in [5, 5.41) is 4.05. The number of nitrogens with zero attached hydrogens (tertiary/aromatic N) is 5. The number of aromatic nitrogens is 4. The summed E-state index contributed by atoms with van der Waals surface area (Å²) in [6, 6.07) is 10.2. The van der Waals surface area contributed by atoms with Crippen LogP contribution in [0, 0.1) is 6.92 Å². The van der Waals surface area contributed by atoms with Gasteiger partial charge in [-0.05, 0) is 43.5 Å². The second kappa shape index (κ2) is 7.74. The lowest BCUT2D eigenvalue weighted by Crippen LogP contribution is -2.33. The minimum absolute atomic E-state index is 0.357. The fourth-order valence-electron chi connectivity index (χ4n) is 4.18. The number of fused-ring (bicyclic) bond motifs is 3. The number of hydrogen-bond donors (Lipinski definition) is 1. The largest absolute Gasteiger partial charge is 0.383 e. The molecule has 0 bridgehead atoms. The van der Waals surface area contributed by atoms with Crippen LogP contribution in [0.4, 0.5) is 17.3 Å². The molecule has 30 heavy (non-hydrogen) atoms. The van der Waals surface area contributed by atoms with E-state index in [0.717, 1.165) is 53.1 Å². The highest BCUT2D eigenvalue weighted by atomic mass is 35.5. The molecule has 1 saturated heterocycles. The second-order valence-electron chi connectivity index (χ2n) is 7.62. The van der Waals surface area contributed by atoms with Gasteiger partial charge in [0.15, 0.2) is 11.5 Å². The van der Waals surface area contributed by atoms with E-state index in [2.05, 4.69) is 15.2 Å². The van der Waals surface area contributed by atoms with E-state index in [-0.39, 0.29) is 0 Å². The normalized spacial score (nSPS) is 16.6. The number of hydrogen-bond acceptors (Lipinski definition) is 6. The number of pyridine rings is 1. The molecule has 3 aromatic heterocycles. The fourth-order valence-corrected chi connectivity index (χ4v) is 4.44. The van der Waals surface area contributed by atoms with Gasteiger partial charge in [0.1, 0.15) is 23.2 Å². The topological polar surface area (TPSA) is 67.6 Å². The Labute approximate surface area is 179 Å². The van der Waals surface area contributed by atoms with E-state index < -0.39 is 0 Å².